The number of rotatable bonds is 6. The normalized spacial score (nSPS) is 15.1. The van der Waals surface area contributed by atoms with Crippen LogP contribution in [0.1, 0.15) is 42.0 Å². The lowest BCUT2D eigenvalue weighted by Gasteiger charge is -2.31. The third-order valence-electron chi connectivity index (χ3n) is 5.48. The van der Waals surface area contributed by atoms with Gasteiger partial charge in [-0.3, -0.25) is 14.3 Å². The number of nitrogens with zero attached hydrogens (tertiary/aromatic N) is 3. The molecule has 0 spiro atoms. The Kier molecular flexibility index (Phi) is 5.98. The molecule has 2 aromatic rings. The van der Waals surface area contributed by atoms with Gasteiger partial charge in [0.05, 0.1) is 18.5 Å². The van der Waals surface area contributed by atoms with E-state index in [9.17, 15) is 9.59 Å². The van der Waals surface area contributed by atoms with Crippen LogP contribution in [0.2, 0.25) is 0 Å². The SMILES string of the molecule is Cc1nn(C)c(C)c1CCC(=O)N1CCC(C(=O)NCc2ccco2)CC1. The Morgan fingerprint density at radius 3 is 2.63 bits per heavy atom. The number of likely N-dealkylation sites (tertiary alicyclic amines) is 1. The van der Waals surface area contributed by atoms with Gasteiger partial charge in [-0.25, -0.2) is 0 Å². The number of nitrogens with one attached hydrogen (secondary N) is 1. The molecule has 2 amide bonds. The largest absolute Gasteiger partial charge is 0.467 e. The van der Waals surface area contributed by atoms with Gasteiger partial charge in [-0.2, -0.15) is 5.10 Å². The molecule has 1 fully saturated rings. The second-order valence-electron chi connectivity index (χ2n) is 7.23. The minimum Gasteiger partial charge on any atom is -0.467 e. The van der Waals surface area contributed by atoms with Gasteiger partial charge in [-0.1, -0.05) is 0 Å². The summed E-state index contributed by atoms with van der Waals surface area (Å²) in [5, 5.41) is 7.32. The van der Waals surface area contributed by atoms with Crippen molar-refractivity contribution in [2.45, 2.75) is 46.1 Å². The van der Waals surface area contributed by atoms with Crippen LogP contribution in [-0.2, 0) is 29.6 Å². The topological polar surface area (TPSA) is 80.4 Å². The second kappa shape index (κ2) is 8.41. The molecule has 0 saturated carbocycles. The number of piperidine rings is 1. The highest BCUT2D eigenvalue weighted by Crippen LogP contribution is 2.20. The summed E-state index contributed by atoms with van der Waals surface area (Å²) in [4.78, 5) is 26.7. The Hall–Kier alpha value is -2.57. The maximum Gasteiger partial charge on any atom is 0.223 e. The second-order valence-corrected chi connectivity index (χ2v) is 7.23. The monoisotopic (exact) mass is 372 g/mol. The molecule has 146 valence electrons. The van der Waals surface area contributed by atoms with Gasteiger partial charge >= 0.3 is 0 Å². The van der Waals surface area contributed by atoms with Gasteiger partial charge in [0.25, 0.3) is 0 Å². The highest BCUT2D eigenvalue weighted by atomic mass is 16.3. The van der Waals surface area contributed by atoms with Crippen LogP contribution in [0.4, 0.5) is 0 Å². The summed E-state index contributed by atoms with van der Waals surface area (Å²) >= 11 is 0. The molecule has 3 rings (SSSR count). The van der Waals surface area contributed by atoms with Crippen LogP contribution in [0, 0.1) is 19.8 Å². The molecule has 0 radical (unpaired) electrons. The van der Waals surface area contributed by atoms with Crippen LogP contribution in [0.15, 0.2) is 22.8 Å². The molecule has 0 bridgehead atoms. The molecule has 1 aliphatic heterocycles. The number of carbonyl (C=O) groups is 2. The highest BCUT2D eigenvalue weighted by molar-refractivity contribution is 5.80. The lowest BCUT2D eigenvalue weighted by Crippen LogP contribution is -2.43. The van der Waals surface area contributed by atoms with Crippen molar-refractivity contribution < 1.29 is 14.0 Å². The molecule has 2 aromatic heterocycles. The van der Waals surface area contributed by atoms with Gasteiger partial charge < -0.3 is 14.6 Å². The van der Waals surface area contributed by atoms with Crippen molar-refractivity contribution in [3.05, 3.63) is 41.1 Å². The van der Waals surface area contributed by atoms with E-state index in [1.54, 1.807) is 12.3 Å². The molecular weight excluding hydrogens is 344 g/mol. The summed E-state index contributed by atoms with van der Waals surface area (Å²) in [5.74, 6) is 0.913. The van der Waals surface area contributed by atoms with E-state index in [1.807, 2.05) is 36.5 Å². The number of aromatic nitrogens is 2. The van der Waals surface area contributed by atoms with Crippen LogP contribution >= 0.6 is 0 Å². The molecule has 0 aliphatic carbocycles. The predicted octanol–water partition coefficient (Wildman–Crippen LogP) is 2.12. The summed E-state index contributed by atoms with van der Waals surface area (Å²) in [6.07, 6.45) is 4.22. The van der Waals surface area contributed by atoms with Crippen molar-refractivity contribution >= 4 is 11.8 Å². The summed E-state index contributed by atoms with van der Waals surface area (Å²) in [6.45, 7) is 5.71. The zero-order valence-corrected chi connectivity index (χ0v) is 16.3. The van der Waals surface area contributed by atoms with Gasteiger partial charge in [0.1, 0.15) is 5.76 Å². The third kappa shape index (κ3) is 4.59. The number of carbonyl (C=O) groups excluding carboxylic acids is 2. The Morgan fingerprint density at radius 1 is 1.30 bits per heavy atom. The average molecular weight is 372 g/mol. The molecule has 7 heteroatoms. The summed E-state index contributed by atoms with van der Waals surface area (Å²) in [6, 6.07) is 3.65. The minimum atomic E-state index is -0.0353. The first-order valence-electron chi connectivity index (χ1n) is 9.52. The molecule has 0 atom stereocenters. The van der Waals surface area contributed by atoms with Crippen LogP contribution in [0.3, 0.4) is 0 Å². The summed E-state index contributed by atoms with van der Waals surface area (Å²) < 4.78 is 7.09. The number of hydrogen-bond donors (Lipinski definition) is 1. The van der Waals surface area contributed by atoms with Crippen LogP contribution < -0.4 is 5.32 Å². The molecule has 27 heavy (non-hydrogen) atoms. The van der Waals surface area contributed by atoms with E-state index in [0.717, 1.165) is 22.7 Å². The summed E-state index contributed by atoms with van der Waals surface area (Å²) in [5.41, 5.74) is 3.28. The lowest BCUT2D eigenvalue weighted by molar-refractivity contribution is -0.135. The Labute approximate surface area is 159 Å². The van der Waals surface area contributed by atoms with Crippen molar-refractivity contribution in [3.63, 3.8) is 0 Å². The lowest BCUT2D eigenvalue weighted by atomic mass is 9.95. The Balaban J connectivity index is 1.43. The number of amides is 2. The van der Waals surface area contributed by atoms with E-state index >= 15 is 0 Å². The molecule has 3 heterocycles. The standard InChI is InChI=1S/C20H28N4O3/c1-14-18(15(2)23(3)22-14)6-7-19(25)24-10-8-16(9-11-24)20(26)21-13-17-5-4-12-27-17/h4-5,12,16H,6-11,13H2,1-3H3,(H,21,26). The van der Waals surface area contributed by atoms with E-state index < -0.39 is 0 Å². The maximum atomic E-state index is 12.5. The quantitative estimate of drug-likeness (QED) is 0.842. The smallest absolute Gasteiger partial charge is 0.223 e. The molecule has 1 N–H and O–H groups in total. The molecule has 0 unspecified atom stereocenters. The number of furan rings is 1. The van der Waals surface area contributed by atoms with Crippen molar-refractivity contribution in [1.29, 1.82) is 0 Å². The van der Waals surface area contributed by atoms with Crippen molar-refractivity contribution in [3.8, 4) is 0 Å². The number of hydrogen-bond acceptors (Lipinski definition) is 4. The van der Waals surface area contributed by atoms with Crippen molar-refractivity contribution in [1.82, 2.24) is 20.0 Å². The van der Waals surface area contributed by atoms with Crippen molar-refractivity contribution in [2.24, 2.45) is 13.0 Å². The van der Waals surface area contributed by atoms with E-state index in [0.29, 0.717) is 45.3 Å². The van der Waals surface area contributed by atoms with E-state index in [-0.39, 0.29) is 17.7 Å². The molecular formula is C20H28N4O3. The fraction of sp³-hybridized carbons (Fsp3) is 0.550. The van der Waals surface area contributed by atoms with Gasteiger partial charge in [0, 0.05) is 38.2 Å². The first kappa shape index (κ1) is 19.2. The average Bonchev–Trinajstić information content (AvgIpc) is 3.27. The van der Waals surface area contributed by atoms with E-state index in [1.165, 1.54) is 0 Å². The third-order valence-corrected chi connectivity index (χ3v) is 5.48. The van der Waals surface area contributed by atoms with Crippen molar-refractivity contribution in [2.75, 3.05) is 13.1 Å². The molecule has 1 aliphatic rings. The first-order valence-corrected chi connectivity index (χ1v) is 9.52. The zero-order chi connectivity index (χ0) is 19.4. The van der Waals surface area contributed by atoms with Crippen LogP contribution in [0.25, 0.3) is 0 Å². The van der Waals surface area contributed by atoms with E-state index in [4.69, 9.17) is 4.42 Å². The Bertz CT molecular complexity index is 787. The minimum absolute atomic E-state index is 0.0353. The molecule has 0 aromatic carbocycles. The fourth-order valence-corrected chi connectivity index (χ4v) is 3.69. The highest BCUT2D eigenvalue weighted by Gasteiger charge is 2.27. The Morgan fingerprint density at radius 2 is 2.04 bits per heavy atom. The molecule has 1 saturated heterocycles. The van der Waals surface area contributed by atoms with E-state index in [2.05, 4.69) is 10.4 Å². The predicted molar refractivity (Wildman–Crippen MR) is 101 cm³/mol. The van der Waals surface area contributed by atoms with Gasteiger partial charge in [0.15, 0.2) is 0 Å². The fourth-order valence-electron chi connectivity index (χ4n) is 3.69. The van der Waals surface area contributed by atoms with Crippen LogP contribution in [0.5, 0.6) is 0 Å². The van der Waals surface area contributed by atoms with Gasteiger partial charge in [0.2, 0.25) is 11.8 Å². The molecule has 7 nitrogen and oxygen atoms in total. The van der Waals surface area contributed by atoms with Gasteiger partial charge in [-0.15, -0.1) is 0 Å². The van der Waals surface area contributed by atoms with Gasteiger partial charge in [-0.05, 0) is 50.8 Å². The zero-order valence-electron chi connectivity index (χ0n) is 16.3. The number of aryl methyl sites for hydroxylation is 2. The maximum absolute atomic E-state index is 12.5. The summed E-state index contributed by atoms with van der Waals surface area (Å²) in [7, 11) is 1.93. The van der Waals surface area contributed by atoms with Crippen LogP contribution in [-0.4, -0.2) is 39.6 Å². The first-order chi connectivity index (χ1) is 13.0.